The van der Waals surface area contributed by atoms with Crippen molar-refractivity contribution in [3.63, 3.8) is 0 Å². The first-order valence-corrected chi connectivity index (χ1v) is 6.85. The second-order valence-electron chi connectivity index (χ2n) is 3.82. The van der Waals surface area contributed by atoms with E-state index in [4.69, 9.17) is 16.3 Å². The van der Waals surface area contributed by atoms with Crippen LogP contribution in [0.15, 0.2) is 18.2 Å². The van der Waals surface area contributed by atoms with E-state index in [2.05, 4.69) is 4.98 Å². The molecule has 0 aliphatic rings. The molecule has 4 nitrogen and oxygen atoms in total. The number of carbonyl (C=O) groups excluding carboxylic acids is 1. The summed E-state index contributed by atoms with van der Waals surface area (Å²) < 4.78 is 4.97. The molecule has 1 aromatic carbocycles. The van der Waals surface area contributed by atoms with Crippen molar-refractivity contribution < 1.29 is 14.6 Å². The predicted molar refractivity (Wildman–Crippen MR) is 74.9 cm³/mol. The minimum atomic E-state index is -0.367. The van der Waals surface area contributed by atoms with Gasteiger partial charge in [-0.1, -0.05) is 11.6 Å². The Hall–Kier alpha value is -1.59. The Morgan fingerprint density at radius 1 is 1.53 bits per heavy atom. The molecule has 0 amide bonds. The molecule has 2 rings (SSSR count). The highest BCUT2D eigenvalue weighted by Crippen LogP contribution is 2.33. The third-order valence-corrected chi connectivity index (χ3v) is 3.94. The normalized spacial score (nSPS) is 10.5. The highest BCUT2D eigenvalue weighted by Gasteiger charge is 2.17. The standard InChI is InChI=1S/C13H12ClNO3S/c1-3-18-13(17)11-7(2)15-12(19-11)8-4-5-10(16)9(14)6-8/h4-6,16H,3H2,1-2H3. The van der Waals surface area contributed by atoms with E-state index in [-0.39, 0.29) is 16.7 Å². The van der Waals surface area contributed by atoms with Gasteiger partial charge in [0.1, 0.15) is 15.6 Å². The van der Waals surface area contributed by atoms with Gasteiger partial charge in [0.05, 0.1) is 17.3 Å². The van der Waals surface area contributed by atoms with E-state index in [1.807, 2.05) is 0 Å². The Balaban J connectivity index is 2.38. The first kappa shape index (κ1) is 13.8. The van der Waals surface area contributed by atoms with E-state index in [1.165, 1.54) is 17.4 Å². The summed E-state index contributed by atoms with van der Waals surface area (Å²) in [4.78, 5) is 16.5. The van der Waals surface area contributed by atoms with E-state index >= 15 is 0 Å². The van der Waals surface area contributed by atoms with E-state index in [0.717, 1.165) is 5.56 Å². The van der Waals surface area contributed by atoms with E-state index in [1.54, 1.807) is 26.0 Å². The summed E-state index contributed by atoms with van der Waals surface area (Å²) in [5.41, 5.74) is 1.38. The number of hydrogen-bond acceptors (Lipinski definition) is 5. The SMILES string of the molecule is CCOC(=O)c1sc(-c2ccc(O)c(Cl)c2)nc1C. The number of rotatable bonds is 3. The molecule has 2 aromatic rings. The zero-order chi connectivity index (χ0) is 14.0. The fourth-order valence-corrected chi connectivity index (χ4v) is 2.68. The van der Waals surface area contributed by atoms with Crippen molar-refractivity contribution in [2.45, 2.75) is 13.8 Å². The van der Waals surface area contributed by atoms with Crippen LogP contribution < -0.4 is 0 Å². The summed E-state index contributed by atoms with van der Waals surface area (Å²) in [6.45, 7) is 3.85. The summed E-state index contributed by atoms with van der Waals surface area (Å²) in [7, 11) is 0. The van der Waals surface area contributed by atoms with Crippen molar-refractivity contribution in [3.05, 3.63) is 33.8 Å². The molecule has 1 N–H and O–H groups in total. The topological polar surface area (TPSA) is 59.4 Å². The second kappa shape index (κ2) is 5.59. The van der Waals surface area contributed by atoms with Crippen molar-refractivity contribution in [2.24, 2.45) is 0 Å². The lowest BCUT2D eigenvalue weighted by molar-refractivity contribution is 0.0531. The van der Waals surface area contributed by atoms with Crippen LogP contribution in [0.2, 0.25) is 5.02 Å². The maximum absolute atomic E-state index is 11.7. The van der Waals surface area contributed by atoms with Gasteiger partial charge in [0.15, 0.2) is 0 Å². The van der Waals surface area contributed by atoms with Gasteiger partial charge in [0.2, 0.25) is 0 Å². The molecule has 0 saturated carbocycles. The van der Waals surface area contributed by atoms with Crippen LogP contribution in [0.3, 0.4) is 0 Å². The van der Waals surface area contributed by atoms with Crippen LogP contribution in [0.5, 0.6) is 5.75 Å². The Morgan fingerprint density at radius 3 is 2.89 bits per heavy atom. The molecular weight excluding hydrogens is 286 g/mol. The van der Waals surface area contributed by atoms with Gasteiger partial charge in [0, 0.05) is 5.56 Å². The summed E-state index contributed by atoms with van der Waals surface area (Å²) >= 11 is 7.11. The predicted octanol–water partition coefficient (Wildman–Crippen LogP) is 3.65. The van der Waals surface area contributed by atoms with Gasteiger partial charge in [-0.25, -0.2) is 9.78 Å². The number of nitrogens with zero attached hydrogens (tertiary/aromatic N) is 1. The fourth-order valence-electron chi connectivity index (χ4n) is 1.55. The average Bonchev–Trinajstić information content (AvgIpc) is 2.75. The van der Waals surface area contributed by atoms with Crippen LogP contribution in [0.4, 0.5) is 0 Å². The van der Waals surface area contributed by atoms with Crippen molar-refractivity contribution in [1.29, 1.82) is 0 Å². The molecule has 19 heavy (non-hydrogen) atoms. The summed E-state index contributed by atoms with van der Waals surface area (Å²) in [6.07, 6.45) is 0. The molecule has 1 heterocycles. The molecule has 0 aliphatic carbocycles. The number of ether oxygens (including phenoxy) is 1. The zero-order valence-corrected chi connectivity index (χ0v) is 12.0. The van der Waals surface area contributed by atoms with Crippen molar-refractivity contribution >= 4 is 28.9 Å². The number of halogens is 1. The van der Waals surface area contributed by atoms with Crippen molar-refractivity contribution in [1.82, 2.24) is 4.98 Å². The first-order chi connectivity index (χ1) is 9.02. The number of esters is 1. The van der Waals surface area contributed by atoms with Crippen molar-refractivity contribution in [2.75, 3.05) is 6.61 Å². The average molecular weight is 298 g/mol. The molecular formula is C13H12ClNO3S. The lowest BCUT2D eigenvalue weighted by atomic mass is 10.2. The van der Waals surface area contributed by atoms with Crippen LogP contribution in [-0.2, 0) is 4.74 Å². The number of phenolic OH excluding ortho intramolecular Hbond substituents is 1. The third-order valence-electron chi connectivity index (χ3n) is 2.45. The Kier molecular flexibility index (Phi) is 4.07. The van der Waals surface area contributed by atoms with Crippen LogP contribution in [0.25, 0.3) is 10.6 Å². The second-order valence-corrected chi connectivity index (χ2v) is 5.23. The van der Waals surface area contributed by atoms with Crippen LogP contribution in [0.1, 0.15) is 22.3 Å². The number of thiazole rings is 1. The van der Waals surface area contributed by atoms with E-state index in [0.29, 0.717) is 22.2 Å². The smallest absolute Gasteiger partial charge is 0.350 e. The molecule has 1 aromatic heterocycles. The molecule has 0 spiro atoms. The Labute approximate surface area is 119 Å². The number of aromatic hydroxyl groups is 1. The number of aryl methyl sites for hydroxylation is 1. The maximum atomic E-state index is 11.7. The van der Waals surface area contributed by atoms with Gasteiger partial charge in [-0.2, -0.15) is 0 Å². The molecule has 100 valence electrons. The minimum absolute atomic E-state index is 0.0179. The summed E-state index contributed by atoms with van der Waals surface area (Å²) in [5, 5.41) is 10.3. The number of phenols is 1. The van der Waals surface area contributed by atoms with Crippen LogP contribution in [-0.4, -0.2) is 22.7 Å². The molecule has 0 saturated heterocycles. The highest BCUT2D eigenvalue weighted by atomic mass is 35.5. The number of benzene rings is 1. The van der Waals surface area contributed by atoms with Crippen LogP contribution in [0, 0.1) is 6.92 Å². The molecule has 0 unspecified atom stereocenters. The number of hydrogen-bond donors (Lipinski definition) is 1. The van der Waals surface area contributed by atoms with E-state index in [9.17, 15) is 9.90 Å². The van der Waals surface area contributed by atoms with Gasteiger partial charge < -0.3 is 9.84 Å². The van der Waals surface area contributed by atoms with Crippen molar-refractivity contribution in [3.8, 4) is 16.3 Å². The monoisotopic (exact) mass is 297 g/mol. The Bertz CT molecular complexity index is 624. The van der Waals surface area contributed by atoms with Gasteiger partial charge >= 0.3 is 5.97 Å². The number of carbonyl (C=O) groups is 1. The molecule has 6 heteroatoms. The zero-order valence-electron chi connectivity index (χ0n) is 10.4. The molecule has 0 aliphatic heterocycles. The third kappa shape index (κ3) is 2.88. The van der Waals surface area contributed by atoms with Crippen LogP contribution >= 0.6 is 22.9 Å². The lowest BCUT2D eigenvalue weighted by Crippen LogP contribution is -2.03. The minimum Gasteiger partial charge on any atom is -0.506 e. The molecule has 0 bridgehead atoms. The quantitative estimate of drug-likeness (QED) is 0.878. The maximum Gasteiger partial charge on any atom is 0.350 e. The van der Waals surface area contributed by atoms with Gasteiger partial charge in [0.25, 0.3) is 0 Å². The molecule has 0 fully saturated rings. The number of aromatic nitrogens is 1. The van der Waals surface area contributed by atoms with E-state index < -0.39 is 0 Å². The summed E-state index contributed by atoms with van der Waals surface area (Å²) in [5.74, 6) is -0.349. The lowest BCUT2D eigenvalue weighted by Gasteiger charge is -1.99. The van der Waals surface area contributed by atoms with Gasteiger partial charge in [-0.05, 0) is 32.0 Å². The fraction of sp³-hybridized carbons (Fsp3) is 0.231. The molecule has 0 radical (unpaired) electrons. The highest BCUT2D eigenvalue weighted by molar-refractivity contribution is 7.17. The van der Waals surface area contributed by atoms with Gasteiger partial charge in [-0.3, -0.25) is 0 Å². The largest absolute Gasteiger partial charge is 0.506 e. The Morgan fingerprint density at radius 2 is 2.26 bits per heavy atom. The molecule has 0 atom stereocenters. The van der Waals surface area contributed by atoms with Gasteiger partial charge in [-0.15, -0.1) is 11.3 Å². The first-order valence-electron chi connectivity index (χ1n) is 5.66. The summed E-state index contributed by atoms with van der Waals surface area (Å²) in [6, 6.07) is 4.82.